The third kappa shape index (κ3) is 5.52. The highest BCUT2D eigenvalue weighted by Crippen LogP contribution is 2.08. The van der Waals surface area contributed by atoms with Gasteiger partial charge in [0.05, 0.1) is 7.11 Å². The number of ether oxygens (including phenoxy) is 2. The second-order valence-corrected chi connectivity index (χ2v) is 4.85. The molecule has 0 saturated heterocycles. The molecule has 1 rings (SSSR count). The molecule has 0 radical (unpaired) electrons. The van der Waals surface area contributed by atoms with Crippen molar-refractivity contribution in [1.29, 1.82) is 0 Å². The summed E-state index contributed by atoms with van der Waals surface area (Å²) in [5.74, 6) is 0.574. The zero-order valence-corrected chi connectivity index (χ0v) is 11.3. The minimum atomic E-state index is -0.474. The monoisotopic (exact) mass is 252 g/mol. The highest BCUT2D eigenvalue weighted by atomic mass is 16.6. The van der Waals surface area contributed by atoms with Crippen molar-refractivity contribution in [2.45, 2.75) is 32.8 Å². The van der Waals surface area contributed by atoms with Crippen LogP contribution in [0.2, 0.25) is 0 Å². The number of alkyl carbamates (subject to hydrolysis) is 1. The summed E-state index contributed by atoms with van der Waals surface area (Å²) in [5, 5.41) is 2.68. The van der Waals surface area contributed by atoms with E-state index in [2.05, 4.69) is 10.3 Å². The van der Waals surface area contributed by atoms with Crippen LogP contribution in [0.5, 0.6) is 5.88 Å². The lowest BCUT2D eigenvalue weighted by atomic mass is 10.2. The number of rotatable bonds is 4. The first-order valence-electron chi connectivity index (χ1n) is 5.87. The number of carbonyl (C=O) groups excluding carboxylic acids is 1. The minimum absolute atomic E-state index is 0.412. The first-order valence-corrected chi connectivity index (χ1v) is 5.87. The fraction of sp³-hybridized carbons (Fsp3) is 0.538. The molecule has 0 bridgehead atoms. The molecule has 0 fully saturated rings. The van der Waals surface area contributed by atoms with Crippen molar-refractivity contribution in [2.24, 2.45) is 0 Å². The Hall–Kier alpha value is -1.78. The Kier molecular flexibility index (Phi) is 4.95. The van der Waals surface area contributed by atoms with Gasteiger partial charge in [-0.2, -0.15) is 0 Å². The van der Waals surface area contributed by atoms with Gasteiger partial charge in [0.15, 0.2) is 0 Å². The van der Waals surface area contributed by atoms with Crippen molar-refractivity contribution < 1.29 is 14.3 Å². The molecule has 0 atom stereocenters. The predicted octanol–water partition coefficient (Wildman–Crippen LogP) is 2.16. The second kappa shape index (κ2) is 6.23. The Balaban J connectivity index is 2.35. The fourth-order valence-corrected chi connectivity index (χ4v) is 1.32. The van der Waals surface area contributed by atoms with Crippen molar-refractivity contribution in [3.05, 3.63) is 23.9 Å². The van der Waals surface area contributed by atoms with Gasteiger partial charge in [0.2, 0.25) is 5.88 Å². The molecule has 0 saturated carbocycles. The van der Waals surface area contributed by atoms with E-state index in [1.165, 1.54) is 0 Å². The molecule has 1 N–H and O–H groups in total. The zero-order valence-electron chi connectivity index (χ0n) is 11.3. The molecule has 1 amide bonds. The van der Waals surface area contributed by atoms with E-state index in [0.29, 0.717) is 18.8 Å². The Morgan fingerprint density at radius 2 is 2.11 bits per heavy atom. The molecule has 0 aliphatic rings. The van der Waals surface area contributed by atoms with Crippen LogP contribution in [-0.4, -0.2) is 30.3 Å². The van der Waals surface area contributed by atoms with Gasteiger partial charge in [-0.3, -0.25) is 0 Å². The molecule has 0 spiro atoms. The van der Waals surface area contributed by atoms with Crippen LogP contribution >= 0.6 is 0 Å². The van der Waals surface area contributed by atoms with Crippen molar-refractivity contribution in [3.63, 3.8) is 0 Å². The minimum Gasteiger partial charge on any atom is -0.481 e. The van der Waals surface area contributed by atoms with E-state index in [1.54, 1.807) is 13.2 Å². The lowest BCUT2D eigenvalue weighted by Gasteiger charge is -2.19. The van der Waals surface area contributed by atoms with Gasteiger partial charge >= 0.3 is 6.09 Å². The molecule has 5 nitrogen and oxygen atoms in total. The molecule has 0 unspecified atom stereocenters. The van der Waals surface area contributed by atoms with E-state index in [-0.39, 0.29) is 0 Å². The summed E-state index contributed by atoms with van der Waals surface area (Å²) in [6, 6.07) is 5.54. The number of methoxy groups -OCH3 is 1. The summed E-state index contributed by atoms with van der Waals surface area (Å²) in [7, 11) is 1.57. The molecular weight excluding hydrogens is 232 g/mol. The number of pyridine rings is 1. The van der Waals surface area contributed by atoms with Gasteiger partial charge in [-0.05, 0) is 26.8 Å². The number of nitrogens with one attached hydrogen (secondary N) is 1. The normalized spacial score (nSPS) is 10.9. The van der Waals surface area contributed by atoms with E-state index < -0.39 is 11.7 Å². The average molecular weight is 252 g/mol. The molecule has 1 aromatic rings. The average Bonchev–Trinajstić information content (AvgIpc) is 2.27. The van der Waals surface area contributed by atoms with E-state index >= 15 is 0 Å². The first kappa shape index (κ1) is 14.3. The highest BCUT2D eigenvalue weighted by Gasteiger charge is 2.15. The number of hydrogen-bond acceptors (Lipinski definition) is 4. The number of aromatic nitrogens is 1. The lowest BCUT2D eigenvalue weighted by molar-refractivity contribution is 0.0528. The maximum absolute atomic E-state index is 11.4. The molecule has 18 heavy (non-hydrogen) atoms. The summed E-state index contributed by atoms with van der Waals surface area (Å²) in [4.78, 5) is 15.6. The van der Waals surface area contributed by atoms with Crippen molar-refractivity contribution in [2.75, 3.05) is 13.7 Å². The van der Waals surface area contributed by atoms with Gasteiger partial charge in [0.1, 0.15) is 5.60 Å². The van der Waals surface area contributed by atoms with Crippen LogP contribution in [0.3, 0.4) is 0 Å². The summed E-state index contributed by atoms with van der Waals surface area (Å²) in [6.07, 6.45) is 0.224. The number of nitrogens with zero attached hydrogens (tertiary/aromatic N) is 1. The molecule has 0 aliphatic heterocycles. The van der Waals surface area contributed by atoms with E-state index in [4.69, 9.17) is 9.47 Å². The third-order valence-corrected chi connectivity index (χ3v) is 2.04. The van der Waals surface area contributed by atoms with E-state index in [0.717, 1.165) is 5.69 Å². The fourth-order valence-electron chi connectivity index (χ4n) is 1.32. The molecule has 5 heteroatoms. The molecular formula is C13H20N2O3. The quantitative estimate of drug-likeness (QED) is 0.892. The smallest absolute Gasteiger partial charge is 0.407 e. The number of hydrogen-bond donors (Lipinski definition) is 1. The SMILES string of the molecule is COc1cccc(CCNC(=O)OC(C)(C)C)n1. The Morgan fingerprint density at radius 3 is 2.72 bits per heavy atom. The molecule has 1 aromatic heterocycles. The van der Waals surface area contributed by atoms with Crippen LogP contribution in [-0.2, 0) is 11.2 Å². The maximum Gasteiger partial charge on any atom is 0.407 e. The third-order valence-electron chi connectivity index (χ3n) is 2.04. The Labute approximate surface area is 108 Å². The van der Waals surface area contributed by atoms with Crippen LogP contribution in [0.25, 0.3) is 0 Å². The summed E-state index contributed by atoms with van der Waals surface area (Å²) >= 11 is 0. The van der Waals surface area contributed by atoms with Crippen LogP contribution < -0.4 is 10.1 Å². The van der Waals surface area contributed by atoms with Crippen LogP contribution in [0.4, 0.5) is 4.79 Å². The van der Waals surface area contributed by atoms with Gasteiger partial charge in [-0.25, -0.2) is 9.78 Å². The van der Waals surface area contributed by atoms with E-state index in [1.807, 2.05) is 32.9 Å². The number of amides is 1. The Bertz CT molecular complexity index is 399. The first-order chi connectivity index (χ1) is 8.40. The van der Waals surface area contributed by atoms with Crippen molar-refractivity contribution in [3.8, 4) is 5.88 Å². The van der Waals surface area contributed by atoms with Crippen molar-refractivity contribution >= 4 is 6.09 Å². The highest BCUT2D eigenvalue weighted by molar-refractivity contribution is 5.67. The number of carbonyl (C=O) groups is 1. The predicted molar refractivity (Wildman–Crippen MR) is 68.7 cm³/mol. The van der Waals surface area contributed by atoms with Gasteiger partial charge < -0.3 is 14.8 Å². The maximum atomic E-state index is 11.4. The second-order valence-electron chi connectivity index (χ2n) is 4.85. The van der Waals surface area contributed by atoms with Crippen LogP contribution in [0.15, 0.2) is 18.2 Å². The topological polar surface area (TPSA) is 60.5 Å². The standard InChI is InChI=1S/C13H20N2O3/c1-13(2,3)18-12(16)14-9-8-10-6-5-7-11(15-10)17-4/h5-7H,8-9H2,1-4H3,(H,14,16). The summed E-state index contributed by atoms with van der Waals surface area (Å²) < 4.78 is 10.2. The molecule has 100 valence electrons. The van der Waals surface area contributed by atoms with E-state index in [9.17, 15) is 4.79 Å². The van der Waals surface area contributed by atoms with Gasteiger partial charge in [-0.15, -0.1) is 0 Å². The lowest BCUT2D eigenvalue weighted by Crippen LogP contribution is -2.33. The van der Waals surface area contributed by atoms with Gasteiger partial charge in [0, 0.05) is 24.7 Å². The van der Waals surface area contributed by atoms with Crippen LogP contribution in [0.1, 0.15) is 26.5 Å². The van der Waals surface area contributed by atoms with Gasteiger partial charge in [0.25, 0.3) is 0 Å². The van der Waals surface area contributed by atoms with Crippen molar-refractivity contribution in [1.82, 2.24) is 10.3 Å². The Morgan fingerprint density at radius 1 is 1.39 bits per heavy atom. The zero-order chi connectivity index (χ0) is 13.6. The van der Waals surface area contributed by atoms with Gasteiger partial charge in [-0.1, -0.05) is 6.07 Å². The molecule has 1 heterocycles. The molecule has 0 aliphatic carbocycles. The van der Waals surface area contributed by atoms with Crippen LogP contribution in [0, 0.1) is 0 Å². The summed E-state index contributed by atoms with van der Waals surface area (Å²) in [6.45, 7) is 5.97. The largest absolute Gasteiger partial charge is 0.481 e. The summed E-state index contributed by atoms with van der Waals surface area (Å²) in [5.41, 5.74) is 0.392. The molecule has 0 aromatic carbocycles.